The molecule has 0 atom stereocenters. The zero-order valence-corrected chi connectivity index (χ0v) is 11.5. The van der Waals surface area contributed by atoms with Crippen LogP contribution in [0.25, 0.3) is 11.6 Å². The molecule has 19 heavy (non-hydrogen) atoms. The van der Waals surface area contributed by atoms with Crippen LogP contribution in [0, 0.1) is 6.92 Å². The van der Waals surface area contributed by atoms with Crippen molar-refractivity contribution in [1.29, 1.82) is 0 Å². The Kier molecular flexibility index (Phi) is 3.03. The quantitative estimate of drug-likeness (QED) is 0.847. The fraction of sp³-hybridized carbons (Fsp3) is 0.188. The number of hydrogen-bond acceptors (Lipinski definition) is 2. The summed E-state index contributed by atoms with van der Waals surface area (Å²) in [7, 11) is 0. The lowest BCUT2D eigenvalue weighted by atomic mass is 9.90. The van der Waals surface area contributed by atoms with Gasteiger partial charge in [0.25, 0.3) is 0 Å². The lowest BCUT2D eigenvalue weighted by molar-refractivity contribution is 0.990. The highest BCUT2D eigenvalue weighted by molar-refractivity contribution is 6.30. The van der Waals surface area contributed by atoms with Gasteiger partial charge in [-0.25, -0.2) is 0 Å². The first-order chi connectivity index (χ1) is 9.13. The molecule has 0 saturated carbocycles. The van der Waals surface area contributed by atoms with E-state index in [1.165, 1.54) is 16.7 Å². The summed E-state index contributed by atoms with van der Waals surface area (Å²) in [6.07, 6.45) is 6.01. The van der Waals surface area contributed by atoms with Crippen LogP contribution >= 0.6 is 11.6 Å². The molecule has 0 bridgehead atoms. The molecule has 1 heterocycles. The van der Waals surface area contributed by atoms with Crippen molar-refractivity contribution in [2.75, 3.05) is 5.73 Å². The summed E-state index contributed by atoms with van der Waals surface area (Å²) in [5.74, 6) is 0. The van der Waals surface area contributed by atoms with E-state index >= 15 is 0 Å². The van der Waals surface area contributed by atoms with Gasteiger partial charge in [0.1, 0.15) is 0 Å². The average Bonchev–Trinajstić information content (AvgIpc) is 2.41. The fourth-order valence-electron chi connectivity index (χ4n) is 2.37. The predicted molar refractivity (Wildman–Crippen MR) is 81.0 cm³/mol. The highest BCUT2D eigenvalue weighted by atomic mass is 35.5. The minimum absolute atomic E-state index is 0.771. The van der Waals surface area contributed by atoms with E-state index in [2.05, 4.69) is 17.1 Å². The molecular weight excluding hydrogens is 256 g/mol. The molecule has 0 aliphatic heterocycles. The van der Waals surface area contributed by atoms with Gasteiger partial charge in [-0.2, -0.15) is 0 Å². The zero-order chi connectivity index (χ0) is 13.4. The van der Waals surface area contributed by atoms with Gasteiger partial charge in [-0.1, -0.05) is 17.7 Å². The van der Waals surface area contributed by atoms with E-state index in [1.807, 2.05) is 31.3 Å². The Morgan fingerprint density at radius 2 is 2.05 bits per heavy atom. The highest BCUT2D eigenvalue weighted by Gasteiger charge is 2.13. The Balaban J connectivity index is 2.04. The van der Waals surface area contributed by atoms with Gasteiger partial charge < -0.3 is 5.73 Å². The summed E-state index contributed by atoms with van der Waals surface area (Å²) in [6, 6.07) is 8.01. The molecule has 1 aliphatic rings. The largest absolute Gasteiger partial charge is 0.398 e. The molecule has 1 aliphatic carbocycles. The summed E-state index contributed by atoms with van der Waals surface area (Å²) in [5, 5.41) is 0.771. The molecule has 0 fully saturated rings. The van der Waals surface area contributed by atoms with Crippen LogP contribution in [-0.4, -0.2) is 4.98 Å². The Labute approximate surface area is 117 Å². The maximum atomic E-state index is 6.05. The number of fused-ring (bicyclic) bond motifs is 1. The first kappa shape index (κ1) is 12.2. The van der Waals surface area contributed by atoms with Crippen molar-refractivity contribution in [3.05, 3.63) is 57.9 Å². The van der Waals surface area contributed by atoms with Crippen LogP contribution in [0.1, 0.15) is 28.8 Å². The molecule has 0 amide bonds. The monoisotopic (exact) mass is 270 g/mol. The first-order valence-corrected chi connectivity index (χ1v) is 6.73. The van der Waals surface area contributed by atoms with Crippen molar-refractivity contribution in [2.24, 2.45) is 0 Å². The molecule has 2 nitrogen and oxygen atoms in total. The van der Waals surface area contributed by atoms with Gasteiger partial charge in [-0.15, -0.1) is 0 Å². The van der Waals surface area contributed by atoms with Gasteiger partial charge in [0, 0.05) is 16.9 Å². The van der Waals surface area contributed by atoms with Crippen LogP contribution in [0.2, 0.25) is 5.02 Å². The highest BCUT2D eigenvalue weighted by Crippen LogP contribution is 2.31. The molecule has 96 valence electrons. The molecule has 1 aromatic heterocycles. The molecule has 2 aromatic rings. The van der Waals surface area contributed by atoms with Crippen LogP contribution in [0.15, 0.2) is 30.5 Å². The molecule has 0 radical (unpaired) electrons. The molecule has 0 spiro atoms. The van der Waals surface area contributed by atoms with Crippen molar-refractivity contribution in [3.8, 4) is 0 Å². The second kappa shape index (κ2) is 4.71. The number of hydrogen-bond donors (Lipinski definition) is 1. The lowest BCUT2D eigenvalue weighted by Crippen LogP contribution is -2.02. The summed E-state index contributed by atoms with van der Waals surface area (Å²) >= 11 is 6.05. The number of aromatic nitrogens is 1. The van der Waals surface area contributed by atoms with Gasteiger partial charge in [0.15, 0.2) is 0 Å². The molecule has 1 aromatic carbocycles. The van der Waals surface area contributed by atoms with Crippen molar-refractivity contribution in [3.63, 3.8) is 0 Å². The van der Waals surface area contributed by atoms with E-state index in [1.54, 1.807) is 0 Å². The Bertz CT molecular complexity index is 674. The van der Waals surface area contributed by atoms with Crippen LogP contribution in [0.3, 0.4) is 0 Å². The lowest BCUT2D eigenvalue weighted by Gasteiger charge is -2.17. The predicted octanol–water partition coefficient (Wildman–Crippen LogP) is 4.11. The van der Waals surface area contributed by atoms with Crippen LogP contribution in [-0.2, 0) is 6.42 Å². The second-order valence-corrected chi connectivity index (χ2v) is 5.38. The van der Waals surface area contributed by atoms with Crippen molar-refractivity contribution in [2.45, 2.75) is 19.8 Å². The maximum absolute atomic E-state index is 6.05. The minimum atomic E-state index is 0.771. The molecule has 3 heteroatoms. The smallest absolute Gasteiger partial charge is 0.0682 e. The topological polar surface area (TPSA) is 38.9 Å². The van der Waals surface area contributed by atoms with Gasteiger partial charge in [0.2, 0.25) is 0 Å². The van der Waals surface area contributed by atoms with Crippen molar-refractivity contribution >= 4 is 28.9 Å². The van der Waals surface area contributed by atoms with Crippen molar-refractivity contribution in [1.82, 2.24) is 4.98 Å². The second-order valence-electron chi connectivity index (χ2n) is 4.94. The first-order valence-electron chi connectivity index (χ1n) is 6.35. The number of rotatable bonds is 1. The molecular formula is C16H15ClN2. The van der Waals surface area contributed by atoms with Gasteiger partial charge in [0.05, 0.1) is 5.69 Å². The van der Waals surface area contributed by atoms with E-state index in [0.717, 1.165) is 34.8 Å². The Hall–Kier alpha value is -1.80. The van der Waals surface area contributed by atoms with E-state index in [0.29, 0.717) is 0 Å². The molecule has 0 unspecified atom stereocenters. The molecule has 2 N–H and O–H groups in total. The van der Waals surface area contributed by atoms with Crippen molar-refractivity contribution < 1.29 is 0 Å². The maximum Gasteiger partial charge on any atom is 0.0682 e. The van der Waals surface area contributed by atoms with E-state index in [-0.39, 0.29) is 0 Å². The summed E-state index contributed by atoms with van der Waals surface area (Å²) in [5.41, 5.74) is 12.5. The van der Waals surface area contributed by atoms with Gasteiger partial charge in [-0.05, 0) is 66.3 Å². The zero-order valence-electron chi connectivity index (χ0n) is 10.8. The Morgan fingerprint density at radius 3 is 2.84 bits per heavy atom. The van der Waals surface area contributed by atoms with E-state index < -0.39 is 0 Å². The van der Waals surface area contributed by atoms with Crippen LogP contribution < -0.4 is 5.73 Å². The number of nitrogens with zero attached hydrogens (tertiary/aromatic N) is 1. The summed E-state index contributed by atoms with van der Waals surface area (Å²) in [6.45, 7) is 1.97. The minimum Gasteiger partial charge on any atom is -0.398 e. The van der Waals surface area contributed by atoms with Crippen LogP contribution in [0.5, 0.6) is 0 Å². The standard InChI is InChI=1S/C16H15ClN2/c1-10-9-19-16(8-15(10)18)12-3-2-11-4-5-14(17)7-13(11)6-12/h4-9H,2-3H2,1H3,(H2,18,19). The third-order valence-corrected chi connectivity index (χ3v) is 3.81. The molecule has 3 rings (SSSR count). The number of benzene rings is 1. The van der Waals surface area contributed by atoms with Crippen LogP contribution in [0.4, 0.5) is 5.69 Å². The third kappa shape index (κ3) is 2.36. The summed E-state index contributed by atoms with van der Waals surface area (Å²) < 4.78 is 0. The average molecular weight is 271 g/mol. The molecule has 0 saturated heterocycles. The SMILES string of the molecule is Cc1cnc(C2=Cc3cc(Cl)ccc3CC2)cc1N. The Morgan fingerprint density at radius 1 is 1.21 bits per heavy atom. The number of allylic oxidation sites excluding steroid dienone is 1. The van der Waals surface area contributed by atoms with E-state index in [4.69, 9.17) is 17.3 Å². The number of anilines is 1. The number of aryl methyl sites for hydroxylation is 2. The number of pyridine rings is 1. The normalized spacial score (nSPS) is 13.9. The number of nitrogen functional groups attached to an aromatic ring is 1. The van der Waals surface area contributed by atoms with E-state index in [9.17, 15) is 0 Å². The number of nitrogens with two attached hydrogens (primary N) is 1. The number of halogens is 1. The van der Waals surface area contributed by atoms with Gasteiger partial charge >= 0.3 is 0 Å². The third-order valence-electron chi connectivity index (χ3n) is 3.58. The fourth-order valence-corrected chi connectivity index (χ4v) is 2.55. The van der Waals surface area contributed by atoms with Gasteiger partial charge in [-0.3, -0.25) is 4.98 Å². The summed E-state index contributed by atoms with van der Waals surface area (Å²) in [4.78, 5) is 4.48.